The van der Waals surface area contributed by atoms with Gasteiger partial charge in [-0.25, -0.2) is 0 Å². The summed E-state index contributed by atoms with van der Waals surface area (Å²) in [7, 11) is 0.226. The molecular weight excluding hydrogens is 215 g/mol. The van der Waals surface area contributed by atoms with Crippen LogP contribution in [0.4, 0.5) is 0 Å². The topological polar surface area (TPSA) is 17.1 Å². The molecule has 1 rings (SSSR count). The molecule has 1 aromatic rings. The maximum atomic E-state index is 11.3. The third-order valence-corrected chi connectivity index (χ3v) is 3.94. The summed E-state index contributed by atoms with van der Waals surface area (Å²) in [5.74, 6) is 0. The van der Waals surface area contributed by atoms with Gasteiger partial charge in [0.15, 0.2) is 8.46 Å². The highest BCUT2D eigenvalue weighted by molar-refractivity contribution is 7.25. The van der Waals surface area contributed by atoms with Crippen molar-refractivity contribution in [3.05, 3.63) is 35.4 Å². The predicted molar refractivity (Wildman–Crippen MR) is 70.3 cm³/mol. The van der Waals surface area contributed by atoms with E-state index in [4.69, 9.17) is 0 Å². The van der Waals surface area contributed by atoms with Gasteiger partial charge in [-0.15, -0.1) is 0 Å². The van der Waals surface area contributed by atoms with Crippen LogP contribution >= 0.6 is 8.46 Å². The van der Waals surface area contributed by atoms with E-state index in [2.05, 4.69) is 45.0 Å². The van der Waals surface area contributed by atoms with Crippen LogP contribution in [0.1, 0.15) is 51.2 Å². The summed E-state index contributed by atoms with van der Waals surface area (Å²) < 4.78 is 11.3. The van der Waals surface area contributed by atoms with Crippen molar-refractivity contribution in [3.8, 4) is 0 Å². The number of benzene rings is 1. The van der Waals surface area contributed by atoms with Gasteiger partial charge in [0.25, 0.3) is 0 Å². The van der Waals surface area contributed by atoms with Crippen LogP contribution in [0.15, 0.2) is 24.3 Å². The molecule has 1 aromatic carbocycles. The first-order chi connectivity index (χ1) is 7.66. The van der Waals surface area contributed by atoms with Gasteiger partial charge >= 0.3 is 0 Å². The van der Waals surface area contributed by atoms with Gasteiger partial charge in [0, 0.05) is 0 Å². The zero-order valence-corrected chi connectivity index (χ0v) is 11.4. The maximum Gasteiger partial charge on any atom is 0.166 e. The Kier molecular flexibility index (Phi) is 5.15. The van der Waals surface area contributed by atoms with Crippen LogP contribution < -0.4 is 0 Å². The van der Waals surface area contributed by atoms with E-state index in [0.29, 0.717) is 0 Å². The Balaban J connectivity index is 2.90. The molecule has 88 valence electrons. The van der Waals surface area contributed by atoms with Gasteiger partial charge in [0.1, 0.15) is 0 Å². The summed E-state index contributed by atoms with van der Waals surface area (Å²) in [6.07, 6.45) is 4.32. The SMILES string of the molecule is CCCc1ccc(C(C)(CCC)P=O)cc1. The second-order valence-corrected chi connectivity index (χ2v) is 5.73. The smallest absolute Gasteiger partial charge is 0.166 e. The van der Waals surface area contributed by atoms with Crippen molar-refractivity contribution in [2.45, 2.75) is 51.6 Å². The lowest BCUT2D eigenvalue weighted by molar-refractivity contribution is 0.539. The summed E-state index contributed by atoms with van der Waals surface area (Å²) >= 11 is 0. The molecule has 16 heavy (non-hydrogen) atoms. The van der Waals surface area contributed by atoms with Crippen molar-refractivity contribution in [2.75, 3.05) is 0 Å². The molecule has 0 radical (unpaired) electrons. The van der Waals surface area contributed by atoms with Gasteiger partial charge in [-0.3, -0.25) is 4.57 Å². The minimum absolute atomic E-state index is 0.209. The van der Waals surface area contributed by atoms with E-state index in [1.54, 1.807) is 0 Å². The predicted octanol–water partition coefficient (Wildman–Crippen LogP) is 4.95. The van der Waals surface area contributed by atoms with Crippen molar-refractivity contribution in [1.29, 1.82) is 0 Å². The largest absolute Gasteiger partial charge is 0.274 e. The summed E-state index contributed by atoms with van der Waals surface area (Å²) in [4.78, 5) is 0. The van der Waals surface area contributed by atoms with Gasteiger partial charge in [-0.2, -0.15) is 0 Å². The van der Waals surface area contributed by atoms with Crippen molar-refractivity contribution < 1.29 is 4.57 Å². The molecule has 0 fully saturated rings. The van der Waals surface area contributed by atoms with E-state index in [0.717, 1.165) is 19.3 Å². The second-order valence-electron chi connectivity index (χ2n) is 4.56. The van der Waals surface area contributed by atoms with Crippen LogP contribution in [-0.2, 0) is 16.1 Å². The molecule has 1 nitrogen and oxygen atoms in total. The van der Waals surface area contributed by atoms with E-state index >= 15 is 0 Å². The van der Waals surface area contributed by atoms with Crippen LogP contribution in [0.5, 0.6) is 0 Å². The van der Waals surface area contributed by atoms with Crippen LogP contribution in [0.3, 0.4) is 0 Å². The molecule has 0 aliphatic rings. The lowest BCUT2D eigenvalue weighted by Crippen LogP contribution is -2.13. The average Bonchev–Trinajstić information content (AvgIpc) is 2.30. The van der Waals surface area contributed by atoms with Gasteiger partial charge in [-0.1, -0.05) is 51.0 Å². The Labute approximate surface area is 100 Å². The van der Waals surface area contributed by atoms with Crippen LogP contribution in [-0.4, -0.2) is 0 Å². The normalized spacial score (nSPS) is 14.9. The highest BCUT2D eigenvalue weighted by atomic mass is 31.1. The van der Waals surface area contributed by atoms with Crippen molar-refractivity contribution in [2.24, 2.45) is 0 Å². The molecule has 0 aromatic heterocycles. The minimum atomic E-state index is -0.209. The highest BCUT2D eigenvalue weighted by Crippen LogP contribution is 2.39. The second kappa shape index (κ2) is 6.15. The van der Waals surface area contributed by atoms with Gasteiger partial charge in [0.05, 0.1) is 5.16 Å². The number of aryl methyl sites for hydroxylation is 1. The Bertz CT molecular complexity index is 331. The molecule has 0 amide bonds. The minimum Gasteiger partial charge on any atom is -0.274 e. The maximum absolute atomic E-state index is 11.3. The fraction of sp³-hybridized carbons (Fsp3) is 0.571. The molecule has 0 bridgehead atoms. The molecule has 0 aliphatic carbocycles. The standard InChI is InChI=1S/C14H21OP/c1-4-6-12-7-9-13(10-8-12)14(3,16-15)11-5-2/h7-10H,4-6,11H2,1-3H3. The molecular formula is C14H21OP. The Morgan fingerprint density at radius 2 is 1.75 bits per heavy atom. The first-order valence-electron chi connectivity index (χ1n) is 6.10. The van der Waals surface area contributed by atoms with Crippen LogP contribution in [0.25, 0.3) is 0 Å². The van der Waals surface area contributed by atoms with Crippen LogP contribution in [0, 0.1) is 0 Å². The Morgan fingerprint density at radius 3 is 2.19 bits per heavy atom. The number of hydrogen-bond acceptors (Lipinski definition) is 1. The number of rotatable bonds is 6. The monoisotopic (exact) mass is 236 g/mol. The molecule has 1 unspecified atom stereocenters. The van der Waals surface area contributed by atoms with Gasteiger partial charge in [0.2, 0.25) is 0 Å². The third kappa shape index (κ3) is 3.15. The van der Waals surface area contributed by atoms with Crippen LogP contribution in [0.2, 0.25) is 0 Å². The molecule has 0 saturated carbocycles. The van der Waals surface area contributed by atoms with Gasteiger partial charge in [-0.05, 0) is 30.9 Å². The van der Waals surface area contributed by atoms with E-state index in [9.17, 15) is 4.57 Å². The van der Waals surface area contributed by atoms with Crippen molar-refractivity contribution in [3.63, 3.8) is 0 Å². The summed E-state index contributed by atoms with van der Waals surface area (Å²) in [5, 5.41) is -0.209. The van der Waals surface area contributed by atoms with E-state index in [1.807, 2.05) is 0 Å². The molecule has 0 N–H and O–H groups in total. The average molecular weight is 236 g/mol. The Morgan fingerprint density at radius 1 is 1.12 bits per heavy atom. The van der Waals surface area contributed by atoms with E-state index in [1.165, 1.54) is 17.5 Å². The first-order valence-corrected chi connectivity index (χ1v) is 6.91. The molecule has 2 heteroatoms. The van der Waals surface area contributed by atoms with Gasteiger partial charge < -0.3 is 0 Å². The number of hydrogen-bond donors (Lipinski definition) is 0. The lowest BCUT2D eigenvalue weighted by atomic mass is 9.94. The van der Waals surface area contributed by atoms with Crippen molar-refractivity contribution in [1.82, 2.24) is 0 Å². The zero-order valence-electron chi connectivity index (χ0n) is 10.5. The molecule has 0 heterocycles. The van der Waals surface area contributed by atoms with E-state index < -0.39 is 0 Å². The fourth-order valence-electron chi connectivity index (χ4n) is 2.05. The quantitative estimate of drug-likeness (QED) is 0.639. The summed E-state index contributed by atoms with van der Waals surface area (Å²) in [6, 6.07) is 8.59. The fourth-order valence-corrected chi connectivity index (χ4v) is 2.62. The van der Waals surface area contributed by atoms with E-state index in [-0.39, 0.29) is 13.6 Å². The molecule has 0 spiro atoms. The first kappa shape index (κ1) is 13.4. The molecule has 0 aliphatic heterocycles. The molecule has 1 atom stereocenters. The third-order valence-electron chi connectivity index (χ3n) is 3.05. The van der Waals surface area contributed by atoms with Crippen molar-refractivity contribution >= 4 is 8.46 Å². The highest BCUT2D eigenvalue weighted by Gasteiger charge is 2.26. The summed E-state index contributed by atoms with van der Waals surface area (Å²) in [5.41, 5.74) is 2.55. The summed E-state index contributed by atoms with van der Waals surface area (Å²) in [6.45, 7) is 6.39. The zero-order chi connectivity index (χ0) is 12.0. The lowest BCUT2D eigenvalue weighted by Gasteiger charge is -2.21. The molecule has 0 saturated heterocycles. The Hall–Kier alpha value is -0.680.